The number of hydrogen-bond acceptors (Lipinski definition) is 5. The second-order valence-corrected chi connectivity index (χ2v) is 10.8. The van der Waals surface area contributed by atoms with Gasteiger partial charge in [0.15, 0.2) is 0 Å². The predicted molar refractivity (Wildman–Crippen MR) is 141 cm³/mol. The monoisotopic (exact) mass is 534 g/mol. The molecule has 1 atom stereocenters. The highest BCUT2D eigenvalue weighted by Crippen LogP contribution is 2.24. The van der Waals surface area contributed by atoms with E-state index in [4.69, 9.17) is 16.3 Å². The van der Waals surface area contributed by atoms with E-state index in [9.17, 15) is 19.2 Å². The van der Waals surface area contributed by atoms with Crippen LogP contribution in [0.3, 0.4) is 0 Å². The lowest BCUT2D eigenvalue weighted by Gasteiger charge is -2.34. The van der Waals surface area contributed by atoms with Crippen molar-refractivity contribution in [2.75, 3.05) is 39.3 Å². The molecule has 0 saturated carbocycles. The van der Waals surface area contributed by atoms with Crippen molar-refractivity contribution in [2.45, 2.75) is 58.9 Å². The van der Waals surface area contributed by atoms with E-state index in [0.717, 1.165) is 0 Å². The van der Waals surface area contributed by atoms with Crippen molar-refractivity contribution in [1.82, 2.24) is 20.4 Å². The van der Waals surface area contributed by atoms with Crippen molar-refractivity contribution in [1.29, 1.82) is 0 Å². The van der Waals surface area contributed by atoms with Gasteiger partial charge < -0.3 is 25.2 Å². The molecule has 2 aliphatic heterocycles. The lowest BCUT2D eigenvalue weighted by atomic mass is 9.95. The summed E-state index contributed by atoms with van der Waals surface area (Å²) in [4.78, 5) is 54.4. The van der Waals surface area contributed by atoms with Gasteiger partial charge in [0.25, 0.3) is 5.91 Å². The normalized spacial score (nSPS) is 20.7. The maximum Gasteiger partial charge on any atom is 0.255 e. The Labute approximate surface area is 224 Å². The van der Waals surface area contributed by atoms with Gasteiger partial charge in [-0.25, -0.2) is 0 Å². The second kappa shape index (κ2) is 13.7. The minimum absolute atomic E-state index is 0.0179. The van der Waals surface area contributed by atoms with E-state index < -0.39 is 0 Å². The molecule has 2 heterocycles. The van der Waals surface area contributed by atoms with E-state index in [1.54, 1.807) is 34.9 Å². The first kappa shape index (κ1) is 28.8. The second-order valence-electron chi connectivity index (χ2n) is 10.3. The van der Waals surface area contributed by atoms with Gasteiger partial charge in [0.1, 0.15) is 12.4 Å². The summed E-state index contributed by atoms with van der Waals surface area (Å²) in [6.07, 6.45) is 3.15. The number of nitrogens with one attached hydrogen (secondary N) is 2. The Balaban J connectivity index is 1.75. The number of nitrogens with zero attached hydrogens (tertiary/aromatic N) is 2. The van der Waals surface area contributed by atoms with Gasteiger partial charge in [-0.05, 0) is 56.2 Å². The van der Waals surface area contributed by atoms with Gasteiger partial charge >= 0.3 is 0 Å². The Bertz CT molecular complexity index is 978. The Hall–Kier alpha value is -2.81. The zero-order chi connectivity index (χ0) is 26.9. The molecule has 1 aromatic carbocycles. The molecule has 0 radical (unpaired) electrons. The smallest absolute Gasteiger partial charge is 0.255 e. The fraction of sp³-hybridized carbons (Fsp3) is 0.630. The van der Waals surface area contributed by atoms with Gasteiger partial charge in [0.2, 0.25) is 17.7 Å². The molecule has 0 bridgehead atoms. The van der Waals surface area contributed by atoms with E-state index in [1.165, 1.54) is 0 Å². The van der Waals surface area contributed by atoms with Crippen LogP contribution >= 0.6 is 11.6 Å². The van der Waals surface area contributed by atoms with Crippen LogP contribution in [-0.2, 0) is 14.4 Å². The van der Waals surface area contributed by atoms with Crippen LogP contribution in [0, 0.1) is 11.8 Å². The summed E-state index contributed by atoms with van der Waals surface area (Å²) in [5.41, 5.74) is 0.353. The molecule has 37 heavy (non-hydrogen) atoms. The van der Waals surface area contributed by atoms with Crippen LogP contribution in [0.4, 0.5) is 0 Å². The number of rotatable bonds is 3. The zero-order valence-corrected chi connectivity index (χ0v) is 22.8. The molecule has 0 aliphatic carbocycles. The summed E-state index contributed by atoms with van der Waals surface area (Å²) < 4.78 is 6.00. The molecular weight excluding hydrogens is 496 g/mol. The molecule has 0 aromatic heterocycles. The third kappa shape index (κ3) is 8.62. The number of likely N-dealkylation sites (tertiary alicyclic amines) is 1. The third-order valence-electron chi connectivity index (χ3n) is 6.82. The van der Waals surface area contributed by atoms with Gasteiger partial charge in [-0.3, -0.25) is 19.2 Å². The molecule has 0 spiro atoms. The SMILES string of the molecule is CC(=O)N1CCC(C(=O)N2CCCCNC(=O)c3cc(Cl)ccc3OC[C@H](CC(C)C)NC(=O)C2)CC1. The number of carbonyl (C=O) groups is 4. The van der Waals surface area contributed by atoms with E-state index in [0.29, 0.717) is 80.5 Å². The fourth-order valence-electron chi connectivity index (χ4n) is 4.87. The predicted octanol–water partition coefficient (Wildman–Crippen LogP) is 2.86. The van der Waals surface area contributed by atoms with Crippen LogP contribution in [0.5, 0.6) is 5.75 Å². The fourth-order valence-corrected chi connectivity index (χ4v) is 5.04. The van der Waals surface area contributed by atoms with E-state index in [1.807, 2.05) is 0 Å². The number of hydrogen-bond donors (Lipinski definition) is 2. The Morgan fingerprint density at radius 3 is 2.51 bits per heavy atom. The Morgan fingerprint density at radius 2 is 1.84 bits per heavy atom. The number of piperidine rings is 1. The van der Waals surface area contributed by atoms with Crippen molar-refractivity contribution >= 4 is 35.2 Å². The third-order valence-corrected chi connectivity index (χ3v) is 7.06. The summed E-state index contributed by atoms with van der Waals surface area (Å²) in [5, 5.41) is 6.39. The largest absolute Gasteiger partial charge is 0.491 e. The highest BCUT2D eigenvalue weighted by atomic mass is 35.5. The minimum Gasteiger partial charge on any atom is -0.491 e. The van der Waals surface area contributed by atoms with Gasteiger partial charge in [0.05, 0.1) is 18.2 Å². The van der Waals surface area contributed by atoms with Gasteiger partial charge in [0, 0.05) is 44.0 Å². The molecule has 10 heteroatoms. The molecule has 1 saturated heterocycles. The molecule has 1 aromatic rings. The molecular formula is C27H39ClN4O5. The first-order valence-corrected chi connectivity index (χ1v) is 13.6. The minimum atomic E-state index is -0.292. The van der Waals surface area contributed by atoms with E-state index in [-0.39, 0.29) is 48.7 Å². The summed E-state index contributed by atoms with van der Waals surface area (Å²) in [6, 6.07) is 4.63. The van der Waals surface area contributed by atoms with Crippen molar-refractivity contribution in [3.05, 3.63) is 28.8 Å². The highest BCUT2D eigenvalue weighted by molar-refractivity contribution is 6.31. The average molecular weight is 535 g/mol. The molecule has 4 amide bonds. The highest BCUT2D eigenvalue weighted by Gasteiger charge is 2.30. The number of fused-ring (bicyclic) bond motifs is 1. The van der Waals surface area contributed by atoms with Crippen LogP contribution in [0.25, 0.3) is 0 Å². The quantitative estimate of drug-likeness (QED) is 0.620. The maximum atomic E-state index is 13.4. The van der Waals surface area contributed by atoms with Crippen LogP contribution < -0.4 is 15.4 Å². The van der Waals surface area contributed by atoms with Crippen molar-refractivity contribution in [2.24, 2.45) is 11.8 Å². The average Bonchev–Trinajstić information content (AvgIpc) is 2.85. The maximum absolute atomic E-state index is 13.4. The van der Waals surface area contributed by atoms with Crippen molar-refractivity contribution in [3.8, 4) is 5.75 Å². The van der Waals surface area contributed by atoms with Crippen LogP contribution in [0.15, 0.2) is 18.2 Å². The first-order chi connectivity index (χ1) is 17.6. The molecule has 1 fully saturated rings. The summed E-state index contributed by atoms with van der Waals surface area (Å²) in [7, 11) is 0. The van der Waals surface area contributed by atoms with E-state index >= 15 is 0 Å². The topological polar surface area (TPSA) is 108 Å². The number of halogens is 1. The number of amides is 4. The number of carbonyl (C=O) groups excluding carboxylic acids is 4. The van der Waals surface area contributed by atoms with Crippen LogP contribution in [0.2, 0.25) is 5.02 Å². The molecule has 3 rings (SSSR count). The number of benzene rings is 1. The van der Waals surface area contributed by atoms with Gasteiger partial charge in [-0.2, -0.15) is 0 Å². The van der Waals surface area contributed by atoms with Crippen molar-refractivity contribution < 1.29 is 23.9 Å². The van der Waals surface area contributed by atoms with Crippen LogP contribution in [-0.4, -0.2) is 78.8 Å². The molecule has 204 valence electrons. The zero-order valence-electron chi connectivity index (χ0n) is 22.1. The molecule has 9 nitrogen and oxygen atoms in total. The first-order valence-electron chi connectivity index (χ1n) is 13.2. The standard InChI is InChI=1S/C27H39ClN4O5/c1-18(2)14-22-17-37-24-7-6-21(28)15-23(24)26(35)29-10-4-5-11-32(16-25(34)30-22)27(36)20-8-12-31(13-9-20)19(3)33/h6-7,15,18,20,22H,4-5,8-14,16-17H2,1-3H3,(H,29,35)(H,30,34)/t22-/m0/s1. The molecule has 2 aliphatic rings. The number of ether oxygens (including phenoxy) is 1. The molecule has 0 unspecified atom stereocenters. The lowest BCUT2D eigenvalue weighted by Crippen LogP contribution is -2.49. The Morgan fingerprint density at radius 1 is 1.11 bits per heavy atom. The van der Waals surface area contributed by atoms with Gasteiger partial charge in [-0.15, -0.1) is 0 Å². The van der Waals surface area contributed by atoms with Gasteiger partial charge in [-0.1, -0.05) is 25.4 Å². The van der Waals surface area contributed by atoms with E-state index in [2.05, 4.69) is 24.5 Å². The summed E-state index contributed by atoms with van der Waals surface area (Å²) in [6.45, 7) is 7.76. The summed E-state index contributed by atoms with van der Waals surface area (Å²) in [5.74, 6) is -0.0400. The van der Waals surface area contributed by atoms with Crippen molar-refractivity contribution in [3.63, 3.8) is 0 Å². The Kier molecular flexibility index (Phi) is 10.6. The lowest BCUT2D eigenvalue weighted by molar-refractivity contribution is -0.142. The molecule has 2 N–H and O–H groups in total. The van der Waals surface area contributed by atoms with Crippen LogP contribution in [0.1, 0.15) is 63.2 Å². The summed E-state index contributed by atoms with van der Waals surface area (Å²) >= 11 is 6.14.